The molecule has 1 aliphatic rings. The Hall–Kier alpha value is -1.80. The highest BCUT2D eigenvalue weighted by Crippen LogP contribution is 2.38. The summed E-state index contributed by atoms with van der Waals surface area (Å²) in [7, 11) is -0.752. The first kappa shape index (κ1) is 19.5. The second kappa shape index (κ2) is 6.84. The van der Waals surface area contributed by atoms with Gasteiger partial charge in [0.1, 0.15) is 11.4 Å². The van der Waals surface area contributed by atoms with Crippen LogP contribution in [-0.2, 0) is 9.31 Å². The van der Waals surface area contributed by atoms with Crippen molar-refractivity contribution in [1.29, 1.82) is 0 Å². The van der Waals surface area contributed by atoms with Gasteiger partial charge in [-0.3, -0.25) is 10.1 Å². The van der Waals surface area contributed by atoms with E-state index in [1.54, 1.807) is 0 Å². The van der Waals surface area contributed by atoms with Crippen LogP contribution in [0.4, 0.5) is 11.4 Å². The van der Waals surface area contributed by atoms with Gasteiger partial charge in [-0.1, -0.05) is 13.8 Å². The van der Waals surface area contributed by atoms with Gasteiger partial charge in [0, 0.05) is 17.6 Å². The first-order valence-electron chi connectivity index (χ1n) is 8.51. The molecule has 0 saturated carbocycles. The van der Waals surface area contributed by atoms with Crippen LogP contribution >= 0.6 is 0 Å². The summed E-state index contributed by atoms with van der Waals surface area (Å²) in [6.07, 6.45) is 0.861. The van der Waals surface area contributed by atoms with E-state index < -0.39 is 23.2 Å². The van der Waals surface area contributed by atoms with Gasteiger partial charge in [-0.25, -0.2) is 0 Å². The van der Waals surface area contributed by atoms with Gasteiger partial charge >= 0.3 is 7.12 Å². The van der Waals surface area contributed by atoms with Gasteiger partial charge in [0.25, 0.3) is 5.69 Å². The van der Waals surface area contributed by atoms with Crippen molar-refractivity contribution in [2.45, 2.75) is 59.2 Å². The molecule has 0 atom stereocenters. The Kier molecular flexibility index (Phi) is 5.34. The second-order valence-electron chi connectivity index (χ2n) is 7.83. The molecule has 0 spiro atoms. The van der Waals surface area contributed by atoms with Crippen molar-refractivity contribution < 1.29 is 19.0 Å². The van der Waals surface area contributed by atoms with Crippen molar-refractivity contribution in [3.05, 3.63) is 22.2 Å². The molecule has 25 heavy (non-hydrogen) atoms. The number of hydrogen-bond acceptors (Lipinski definition) is 6. The molecule has 0 amide bonds. The smallest absolute Gasteiger partial charge is 0.494 e. The third kappa shape index (κ3) is 4.07. The van der Waals surface area contributed by atoms with Crippen LogP contribution in [0.2, 0.25) is 0 Å². The number of ether oxygens (including phenoxy) is 1. The first-order chi connectivity index (χ1) is 11.4. The molecule has 138 valence electrons. The summed E-state index contributed by atoms with van der Waals surface area (Å²) >= 11 is 0. The Morgan fingerprint density at radius 2 is 1.80 bits per heavy atom. The second-order valence-corrected chi connectivity index (χ2v) is 7.83. The van der Waals surface area contributed by atoms with Gasteiger partial charge < -0.3 is 19.8 Å². The van der Waals surface area contributed by atoms with E-state index in [9.17, 15) is 10.1 Å². The van der Waals surface area contributed by atoms with E-state index >= 15 is 0 Å². The molecule has 1 aromatic carbocycles. The summed E-state index contributed by atoms with van der Waals surface area (Å²) in [5.74, 6) is 0.943. The molecule has 7 nitrogen and oxygen atoms in total. The van der Waals surface area contributed by atoms with Crippen LogP contribution < -0.4 is 15.9 Å². The van der Waals surface area contributed by atoms with Crippen LogP contribution in [0.1, 0.15) is 48.0 Å². The number of anilines is 1. The minimum Gasteiger partial charge on any atom is -0.494 e. The summed E-state index contributed by atoms with van der Waals surface area (Å²) in [6.45, 7) is 12.4. The summed E-state index contributed by atoms with van der Waals surface area (Å²) in [4.78, 5) is 10.7. The van der Waals surface area contributed by atoms with Gasteiger partial charge in [-0.05, 0) is 40.0 Å². The quantitative estimate of drug-likeness (QED) is 0.367. The maximum absolute atomic E-state index is 11.3. The van der Waals surface area contributed by atoms with Gasteiger partial charge in [-0.2, -0.15) is 0 Å². The molecular formula is C17H27BN2O5. The molecule has 0 bridgehead atoms. The van der Waals surface area contributed by atoms with E-state index in [0.717, 1.165) is 6.42 Å². The highest BCUT2D eigenvalue weighted by molar-refractivity contribution is 6.63. The van der Waals surface area contributed by atoms with Crippen LogP contribution in [0.15, 0.2) is 12.1 Å². The van der Waals surface area contributed by atoms with Crippen molar-refractivity contribution in [3.8, 4) is 5.75 Å². The highest BCUT2D eigenvalue weighted by atomic mass is 16.7. The van der Waals surface area contributed by atoms with Gasteiger partial charge in [0.2, 0.25) is 0 Å². The molecule has 0 aromatic heterocycles. The zero-order valence-corrected chi connectivity index (χ0v) is 15.8. The lowest BCUT2D eigenvalue weighted by Crippen LogP contribution is -2.41. The van der Waals surface area contributed by atoms with Crippen molar-refractivity contribution in [2.24, 2.45) is 5.92 Å². The van der Waals surface area contributed by atoms with Crippen molar-refractivity contribution in [2.75, 3.05) is 12.3 Å². The lowest BCUT2D eigenvalue weighted by atomic mass is 9.78. The zero-order valence-electron chi connectivity index (χ0n) is 15.8. The van der Waals surface area contributed by atoms with Crippen LogP contribution in [-0.4, -0.2) is 29.9 Å². The number of nitro benzene ring substituents is 1. The molecule has 8 heteroatoms. The molecule has 1 aliphatic heterocycles. The molecule has 0 radical (unpaired) electrons. The minimum atomic E-state index is -0.752. The first-order valence-corrected chi connectivity index (χ1v) is 8.51. The summed E-state index contributed by atoms with van der Waals surface area (Å²) in [6, 6.07) is 2.88. The van der Waals surface area contributed by atoms with Crippen LogP contribution in [0.5, 0.6) is 5.75 Å². The maximum atomic E-state index is 11.3. The molecule has 1 heterocycles. The molecule has 0 aliphatic carbocycles. The summed E-state index contributed by atoms with van der Waals surface area (Å²) < 4.78 is 17.9. The normalized spacial score (nSPS) is 18.6. The molecule has 1 aromatic rings. The third-order valence-corrected chi connectivity index (χ3v) is 4.82. The third-order valence-electron chi connectivity index (χ3n) is 4.82. The largest absolute Gasteiger partial charge is 0.498 e. The van der Waals surface area contributed by atoms with E-state index in [2.05, 4.69) is 13.8 Å². The van der Waals surface area contributed by atoms with E-state index in [4.69, 9.17) is 19.8 Å². The Morgan fingerprint density at radius 3 is 2.28 bits per heavy atom. The summed E-state index contributed by atoms with van der Waals surface area (Å²) in [5, 5.41) is 11.3. The predicted molar refractivity (Wildman–Crippen MR) is 98.2 cm³/mol. The molecule has 1 fully saturated rings. The lowest BCUT2D eigenvalue weighted by Gasteiger charge is -2.32. The number of hydrogen-bond donors (Lipinski definition) is 1. The van der Waals surface area contributed by atoms with Gasteiger partial charge in [0.15, 0.2) is 0 Å². The summed E-state index contributed by atoms with van der Waals surface area (Å²) in [5.41, 5.74) is 5.09. The fraction of sp³-hybridized carbons (Fsp3) is 0.647. The molecular weight excluding hydrogens is 323 g/mol. The van der Waals surface area contributed by atoms with E-state index in [1.165, 1.54) is 12.1 Å². The predicted octanol–water partition coefficient (Wildman–Crippen LogP) is 2.90. The number of benzene rings is 1. The van der Waals surface area contributed by atoms with Crippen molar-refractivity contribution in [1.82, 2.24) is 0 Å². The van der Waals surface area contributed by atoms with Gasteiger partial charge in [-0.15, -0.1) is 0 Å². The molecule has 2 N–H and O–H groups in total. The number of nitro groups is 1. The number of nitrogen functional groups attached to an aromatic ring is 1. The minimum absolute atomic E-state index is 0.0600. The Bertz CT molecular complexity index is 645. The fourth-order valence-electron chi connectivity index (χ4n) is 2.44. The van der Waals surface area contributed by atoms with E-state index in [0.29, 0.717) is 23.7 Å². The fourth-order valence-corrected chi connectivity index (χ4v) is 2.44. The number of nitrogens with two attached hydrogens (primary N) is 1. The lowest BCUT2D eigenvalue weighted by molar-refractivity contribution is -0.383. The Morgan fingerprint density at radius 1 is 1.24 bits per heavy atom. The van der Waals surface area contributed by atoms with E-state index in [1.807, 2.05) is 27.7 Å². The molecule has 1 saturated heterocycles. The monoisotopic (exact) mass is 350 g/mol. The average molecular weight is 350 g/mol. The standard InChI is InChI=1S/C17H27BN2O5/c1-11(2)7-8-23-15-10-13(19)14(20(21)22)9-12(15)18-24-16(3,4)17(5,6)25-18/h9-11H,7-8,19H2,1-6H3. The maximum Gasteiger partial charge on any atom is 0.498 e. The topological polar surface area (TPSA) is 96.9 Å². The Balaban J connectivity index is 2.39. The number of rotatable bonds is 6. The van der Waals surface area contributed by atoms with Gasteiger partial charge in [0.05, 0.1) is 22.7 Å². The highest BCUT2D eigenvalue weighted by Gasteiger charge is 2.52. The Labute approximate surface area is 149 Å². The number of nitrogens with zero attached hydrogens (tertiary/aromatic N) is 1. The van der Waals surface area contributed by atoms with Crippen LogP contribution in [0.3, 0.4) is 0 Å². The van der Waals surface area contributed by atoms with Crippen molar-refractivity contribution in [3.63, 3.8) is 0 Å². The molecule has 0 unspecified atom stereocenters. The average Bonchev–Trinajstić information content (AvgIpc) is 2.66. The zero-order chi connectivity index (χ0) is 19.0. The van der Waals surface area contributed by atoms with Crippen LogP contribution in [0.25, 0.3) is 0 Å². The van der Waals surface area contributed by atoms with Crippen molar-refractivity contribution >= 4 is 24.0 Å². The van der Waals surface area contributed by atoms with Crippen LogP contribution in [0, 0.1) is 16.0 Å². The SMILES string of the molecule is CC(C)CCOc1cc(N)c([N+](=O)[O-])cc1B1OC(C)(C)C(C)(C)O1. The van der Waals surface area contributed by atoms with E-state index in [-0.39, 0.29) is 11.4 Å². The molecule has 2 rings (SSSR count).